The van der Waals surface area contributed by atoms with E-state index in [4.69, 9.17) is 16.3 Å². The molecule has 0 aromatic carbocycles. The minimum absolute atomic E-state index is 0.295. The minimum Gasteiger partial charge on any atom is -0.474 e. The Morgan fingerprint density at radius 3 is 2.76 bits per heavy atom. The number of nitrogens with zero attached hydrogens (tertiary/aromatic N) is 1. The number of hydrogen-bond donors (Lipinski definition) is 1. The topological polar surface area (TPSA) is 34.1 Å². The molecule has 1 heterocycles. The van der Waals surface area contributed by atoms with Crippen LogP contribution in [0.3, 0.4) is 0 Å². The van der Waals surface area contributed by atoms with Gasteiger partial charge in [0.25, 0.3) is 0 Å². The van der Waals surface area contributed by atoms with Crippen LogP contribution >= 0.6 is 11.6 Å². The monoisotopic (exact) mass is 310 g/mol. The van der Waals surface area contributed by atoms with E-state index < -0.39 is 0 Å². The number of aromatic nitrogens is 1. The molecule has 3 nitrogen and oxygen atoms in total. The van der Waals surface area contributed by atoms with E-state index in [-0.39, 0.29) is 0 Å². The van der Waals surface area contributed by atoms with Crippen LogP contribution in [0.25, 0.3) is 0 Å². The summed E-state index contributed by atoms with van der Waals surface area (Å²) < 4.78 is 6.05. The van der Waals surface area contributed by atoms with Crippen LogP contribution < -0.4 is 10.1 Å². The van der Waals surface area contributed by atoms with E-state index >= 15 is 0 Å². The third-order valence-electron chi connectivity index (χ3n) is 4.23. The van der Waals surface area contributed by atoms with Gasteiger partial charge in [-0.1, -0.05) is 32.4 Å². The molecule has 1 aliphatic rings. The molecular weight excluding hydrogens is 284 g/mol. The second kappa shape index (κ2) is 7.46. The summed E-state index contributed by atoms with van der Waals surface area (Å²) in [5, 5.41) is 4.07. The number of nitrogens with one attached hydrogen (secondary N) is 1. The largest absolute Gasteiger partial charge is 0.474 e. The average Bonchev–Trinajstić information content (AvgIpc) is 2.45. The number of ether oxygens (including phenoxy) is 1. The van der Waals surface area contributed by atoms with E-state index in [9.17, 15) is 0 Å². The lowest BCUT2D eigenvalue weighted by Gasteiger charge is -2.34. The molecule has 1 aromatic heterocycles. The first-order valence-electron chi connectivity index (χ1n) is 8.02. The minimum atomic E-state index is 0.295. The second-order valence-corrected chi connectivity index (χ2v) is 7.18. The van der Waals surface area contributed by atoms with Crippen LogP contribution in [0.4, 0.5) is 0 Å². The van der Waals surface area contributed by atoms with Crippen molar-refractivity contribution < 1.29 is 4.74 Å². The SMILES string of the molecule is CCCNCc1cc(OC2CCC(C)(C)CC2)ncc1Cl. The van der Waals surface area contributed by atoms with Gasteiger partial charge < -0.3 is 10.1 Å². The zero-order chi connectivity index (χ0) is 15.3. The van der Waals surface area contributed by atoms with Crippen molar-refractivity contribution in [2.75, 3.05) is 6.54 Å². The lowest BCUT2D eigenvalue weighted by molar-refractivity contribution is 0.0948. The molecule has 1 fully saturated rings. The maximum absolute atomic E-state index is 6.20. The summed E-state index contributed by atoms with van der Waals surface area (Å²) in [4.78, 5) is 4.32. The lowest BCUT2D eigenvalue weighted by atomic mass is 9.76. The van der Waals surface area contributed by atoms with Crippen molar-refractivity contribution in [3.63, 3.8) is 0 Å². The predicted molar refractivity (Wildman–Crippen MR) is 87.9 cm³/mol. The summed E-state index contributed by atoms with van der Waals surface area (Å²) >= 11 is 6.20. The van der Waals surface area contributed by atoms with Crippen LogP contribution in [0.15, 0.2) is 12.3 Å². The van der Waals surface area contributed by atoms with Gasteiger partial charge in [-0.2, -0.15) is 0 Å². The van der Waals surface area contributed by atoms with Crippen molar-refractivity contribution in [3.8, 4) is 5.88 Å². The standard InChI is InChI=1S/C17H27ClN2O/c1-4-9-19-11-13-10-16(20-12-15(13)18)21-14-5-7-17(2,3)8-6-14/h10,12,14,19H,4-9,11H2,1-3H3. The van der Waals surface area contributed by atoms with Crippen LogP contribution in [0, 0.1) is 5.41 Å². The fraction of sp³-hybridized carbons (Fsp3) is 0.706. The van der Waals surface area contributed by atoms with Gasteiger partial charge in [0.1, 0.15) is 6.10 Å². The Labute approximate surface area is 133 Å². The summed E-state index contributed by atoms with van der Waals surface area (Å²) in [6, 6.07) is 1.98. The summed E-state index contributed by atoms with van der Waals surface area (Å²) in [6.07, 6.45) is 7.77. The molecule has 0 spiro atoms. The molecule has 0 atom stereocenters. The summed E-state index contributed by atoms with van der Waals surface area (Å²) in [6.45, 7) is 8.58. The first-order valence-corrected chi connectivity index (χ1v) is 8.40. The van der Waals surface area contributed by atoms with Crippen molar-refractivity contribution in [1.29, 1.82) is 0 Å². The second-order valence-electron chi connectivity index (χ2n) is 6.77. The van der Waals surface area contributed by atoms with Crippen molar-refractivity contribution in [2.24, 2.45) is 5.41 Å². The Bertz CT molecular complexity index is 452. The molecule has 118 valence electrons. The Balaban J connectivity index is 1.93. The molecule has 1 saturated carbocycles. The first-order chi connectivity index (χ1) is 10.00. The third kappa shape index (κ3) is 5.15. The van der Waals surface area contributed by atoms with Crippen LogP contribution in [-0.2, 0) is 6.54 Å². The van der Waals surface area contributed by atoms with Gasteiger partial charge in [0, 0.05) is 18.8 Å². The van der Waals surface area contributed by atoms with Gasteiger partial charge in [-0.15, -0.1) is 0 Å². The van der Waals surface area contributed by atoms with Gasteiger partial charge in [-0.05, 0) is 49.6 Å². The van der Waals surface area contributed by atoms with Crippen molar-refractivity contribution in [1.82, 2.24) is 10.3 Å². The molecular formula is C17H27ClN2O. The molecule has 21 heavy (non-hydrogen) atoms. The molecule has 1 aliphatic carbocycles. The smallest absolute Gasteiger partial charge is 0.213 e. The van der Waals surface area contributed by atoms with Gasteiger partial charge in [0.2, 0.25) is 5.88 Å². The summed E-state index contributed by atoms with van der Waals surface area (Å²) in [5.74, 6) is 0.706. The Hall–Kier alpha value is -0.800. The van der Waals surface area contributed by atoms with Gasteiger partial charge in [-0.25, -0.2) is 4.98 Å². The molecule has 0 aliphatic heterocycles. The van der Waals surface area contributed by atoms with E-state index in [0.29, 0.717) is 22.4 Å². The summed E-state index contributed by atoms with van der Waals surface area (Å²) in [7, 11) is 0. The zero-order valence-corrected chi connectivity index (χ0v) is 14.2. The predicted octanol–water partition coefficient (Wildman–Crippen LogP) is 4.58. The van der Waals surface area contributed by atoms with E-state index in [1.54, 1.807) is 6.20 Å². The van der Waals surface area contributed by atoms with E-state index in [0.717, 1.165) is 37.9 Å². The normalized spacial score (nSPS) is 18.7. The highest BCUT2D eigenvalue weighted by Crippen LogP contribution is 2.36. The van der Waals surface area contributed by atoms with Gasteiger partial charge in [0.05, 0.1) is 5.02 Å². The molecule has 1 aromatic rings. The number of pyridine rings is 1. The number of rotatable bonds is 6. The molecule has 1 N–H and O–H groups in total. The summed E-state index contributed by atoms with van der Waals surface area (Å²) in [5.41, 5.74) is 1.52. The van der Waals surface area contributed by atoms with Crippen molar-refractivity contribution >= 4 is 11.6 Å². The van der Waals surface area contributed by atoms with Gasteiger partial charge >= 0.3 is 0 Å². The number of hydrogen-bond acceptors (Lipinski definition) is 3. The molecule has 0 saturated heterocycles. The highest BCUT2D eigenvalue weighted by molar-refractivity contribution is 6.31. The molecule has 0 unspecified atom stereocenters. The van der Waals surface area contributed by atoms with Crippen molar-refractivity contribution in [2.45, 2.75) is 65.5 Å². The van der Waals surface area contributed by atoms with E-state index in [2.05, 4.69) is 31.1 Å². The van der Waals surface area contributed by atoms with Crippen molar-refractivity contribution in [3.05, 3.63) is 22.8 Å². The quantitative estimate of drug-likeness (QED) is 0.781. The molecule has 0 amide bonds. The maximum atomic E-state index is 6.20. The highest BCUT2D eigenvalue weighted by Gasteiger charge is 2.28. The Kier molecular flexibility index (Phi) is 5.88. The zero-order valence-electron chi connectivity index (χ0n) is 13.4. The maximum Gasteiger partial charge on any atom is 0.213 e. The van der Waals surface area contributed by atoms with Crippen LogP contribution in [-0.4, -0.2) is 17.6 Å². The fourth-order valence-corrected chi connectivity index (χ4v) is 2.89. The van der Waals surface area contributed by atoms with E-state index in [1.165, 1.54) is 12.8 Å². The van der Waals surface area contributed by atoms with Crippen LogP contribution in [0.1, 0.15) is 58.4 Å². The highest BCUT2D eigenvalue weighted by atomic mass is 35.5. The average molecular weight is 311 g/mol. The molecule has 2 rings (SSSR count). The lowest BCUT2D eigenvalue weighted by Crippen LogP contribution is -2.28. The fourth-order valence-electron chi connectivity index (χ4n) is 2.72. The molecule has 0 radical (unpaired) electrons. The molecule has 0 bridgehead atoms. The third-order valence-corrected chi connectivity index (χ3v) is 4.57. The van der Waals surface area contributed by atoms with Gasteiger partial charge in [0.15, 0.2) is 0 Å². The van der Waals surface area contributed by atoms with Crippen LogP contribution in [0.2, 0.25) is 5.02 Å². The first kappa shape index (κ1) is 16.6. The van der Waals surface area contributed by atoms with Crippen LogP contribution in [0.5, 0.6) is 5.88 Å². The molecule has 4 heteroatoms. The van der Waals surface area contributed by atoms with E-state index in [1.807, 2.05) is 6.07 Å². The Morgan fingerprint density at radius 1 is 1.38 bits per heavy atom. The van der Waals surface area contributed by atoms with Gasteiger partial charge in [-0.3, -0.25) is 0 Å². The number of halogens is 1. The Morgan fingerprint density at radius 2 is 2.10 bits per heavy atom.